The van der Waals surface area contributed by atoms with Crippen LogP contribution in [0.2, 0.25) is 5.02 Å². The number of carbonyl (C=O) groups is 1. The molecule has 146 valence electrons. The van der Waals surface area contributed by atoms with Gasteiger partial charge < -0.3 is 9.30 Å². The summed E-state index contributed by atoms with van der Waals surface area (Å²) in [6.45, 7) is 3.10. The first kappa shape index (κ1) is 17.6. The maximum atomic E-state index is 13.3. The maximum Gasteiger partial charge on any atom is 0.281 e. The number of aliphatic imine (C=N–C) groups is 1. The number of amides is 1. The molecule has 2 unspecified atom stereocenters. The van der Waals surface area contributed by atoms with Crippen LogP contribution >= 0.6 is 11.6 Å². The Balaban J connectivity index is 1.54. The van der Waals surface area contributed by atoms with Crippen molar-refractivity contribution in [2.75, 3.05) is 18.6 Å². The fraction of sp³-hybridized carbons (Fsp3) is 0.450. The summed E-state index contributed by atoms with van der Waals surface area (Å²) in [4.78, 5) is 26.7. The third-order valence-electron chi connectivity index (χ3n) is 5.89. The third kappa shape index (κ3) is 2.45. The number of anilines is 1. The topological polar surface area (TPSA) is 63.0 Å². The molecule has 3 heterocycles. The van der Waals surface area contributed by atoms with Gasteiger partial charge in [0.15, 0.2) is 11.5 Å². The van der Waals surface area contributed by atoms with E-state index in [1.54, 1.807) is 18.3 Å². The molecule has 2 atom stereocenters. The van der Waals surface area contributed by atoms with Gasteiger partial charge in [-0.2, -0.15) is 0 Å². The number of guanidine groups is 1. The smallest absolute Gasteiger partial charge is 0.281 e. The van der Waals surface area contributed by atoms with Gasteiger partial charge >= 0.3 is 0 Å². The molecule has 1 aromatic carbocycles. The van der Waals surface area contributed by atoms with Crippen molar-refractivity contribution in [1.82, 2.24) is 14.5 Å². The molecule has 28 heavy (non-hydrogen) atoms. The lowest BCUT2D eigenvalue weighted by Crippen LogP contribution is -2.53. The van der Waals surface area contributed by atoms with Crippen LogP contribution in [-0.2, 0) is 6.54 Å². The second-order valence-electron chi connectivity index (χ2n) is 7.43. The van der Waals surface area contributed by atoms with Gasteiger partial charge in [0.2, 0.25) is 5.96 Å². The minimum atomic E-state index is -0.0374. The van der Waals surface area contributed by atoms with E-state index in [4.69, 9.17) is 21.3 Å². The Morgan fingerprint density at radius 2 is 2.18 bits per heavy atom. The molecule has 8 heteroatoms. The van der Waals surface area contributed by atoms with Gasteiger partial charge in [0.05, 0.1) is 30.5 Å². The standard InChI is InChI=1S/C20H22ClN5O2/c1-3-25-19(27)17-18(26-15-6-4-5-14(15)23-20(25)26)22-11-24(17)10-12-7-8-16(28-2)13(21)9-12/h7-9,11,14-15H,3-6,10H2,1-2H3. The number of fused-ring (bicyclic) bond motifs is 5. The molecule has 1 fully saturated rings. The Morgan fingerprint density at radius 1 is 1.32 bits per heavy atom. The highest BCUT2D eigenvalue weighted by molar-refractivity contribution is 6.32. The average molecular weight is 400 g/mol. The quantitative estimate of drug-likeness (QED) is 0.792. The third-order valence-corrected chi connectivity index (χ3v) is 6.19. The van der Waals surface area contributed by atoms with E-state index in [-0.39, 0.29) is 11.9 Å². The molecular weight excluding hydrogens is 378 g/mol. The fourth-order valence-corrected chi connectivity index (χ4v) is 4.86. The number of carbonyl (C=O) groups excluding carboxylic acids is 1. The van der Waals surface area contributed by atoms with Crippen LogP contribution < -0.4 is 9.64 Å². The predicted octanol–water partition coefficient (Wildman–Crippen LogP) is 3.17. The van der Waals surface area contributed by atoms with Gasteiger partial charge in [0.25, 0.3) is 5.91 Å². The Labute approximate surface area is 168 Å². The summed E-state index contributed by atoms with van der Waals surface area (Å²) in [6.07, 6.45) is 5.09. The van der Waals surface area contributed by atoms with Crippen LogP contribution in [0.1, 0.15) is 42.2 Å². The molecule has 1 aromatic heterocycles. The molecular formula is C20H22ClN5O2. The van der Waals surface area contributed by atoms with E-state index in [1.165, 1.54) is 6.42 Å². The second-order valence-corrected chi connectivity index (χ2v) is 7.83. The van der Waals surface area contributed by atoms with Crippen LogP contribution in [0.4, 0.5) is 5.82 Å². The van der Waals surface area contributed by atoms with Gasteiger partial charge in [-0.3, -0.25) is 14.6 Å². The molecule has 0 bridgehead atoms. The van der Waals surface area contributed by atoms with E-state index in [0.717, 1.165) is 30.2 Å². The Hall–Kier alpha value is -2.54. The van der Waals surface area contributed by atoms with E-state index < -0.39 is 0 Å². The monoisotopic (exact) mass is 399 g/mol. The Morgan fingerprint density at radius 3 is 2.93 bits per heavy atom. The van der Waals surface area contributed by atoms with Crippen molar-refractivity contribution in [2.45, 2.75) is 44.8 Å². The van der Waals surface area contributed by atoms with Gasteiger partial charge in [0.1, 0.15) is 5.75 Å². The lowest BCUT2D eigenvalue weighted by atomic mass is 10.1. The number of aromatic nitrogens is 2. The first-order valence-electron chi connectivity index (χ1n) is 9.68. The molecule has 1 aliphatic carbocycles. The highest BCUT2D eigenvalue weighted by Crippen LogP contribution is 2.40. The number of imidazole rings is 1. The largest absolute Gasteiger partial charge is 0.495 e. The van der Waals surface area contributed by atoms with Crippen molar-refractivity contribution in [1.29, 1.82) is 0 Å². The molecule has 1 saturated carbocycles. The van der Waals surface area contributed by atoms with Crippen LogP contribution in [0.15, 0.2) is 29.5 Å². The highest BCUT2D eigenvalue weighted by atomic mass is 35.5. The molecule has 0 spiro atoms. The summed E-state index contributed by atoms with van der Waals surface area (Å²) in [5.41, 5.74) is 1.61. The minimum Gasteiger partial charge on any atom is -0.495 e. The normalized spacial score (nSPS) is 22.8. The molecule has 0 N–H and O–H groups in total. The van der Waals surface area contributed by atoms with E-state index in [9.17, 15) is 4.79 Å². The number of methoxy groups -OCH3 is 1. The number of hydrogen-bond acceptors (Lipinski definition) is 5. The summed E-state index contributed by atoms with van der Waals surface area (Å²) in [7, 11) is 1.59. The van der Waals surface area contributed by atoms with Crippen molar-refractivity contribution >= 4 is 29.3 Å². The minimum absolute atomic E-state index is 0.0374. The fourth-order valence-electron chi connectivity index (χ4n) is 4.58. The zero-order valence-electron chi connectivity index (χ0n) is 15.9. The number of halogens is 1. The molecule has 3 aliphatic rings. The SMILES string of the molecule is CCN1C(=O)c2c(ncn2Cc2ccc(OC)c(Cl)c2)N2C1=NC1CCCC12. The summed E-state index contributed by atoms with van der Waals surface area (Å²) >= 11 is 6.27. The summed E-state index contributed by atoms with van der Waals surface area (Å²) in [6, 6.07) is 6.25. The lowest BCUT2D eigenvalue weighted by molar-refractivity contribution is 0.0836. The maximum absolute atomic E-state index is 13.3. The second kappa shape index (κ2) is 6.51. The van der Waals surface area contributed by atoms with Crippen LogP contribution in [-0.4, -0.2) is 52.1 Å². The van der Waals surface area contributed by atoms with Gasteiger partial charge in [0, 0.05) is 13.1 Å². The Kier molecular flexibility index (Phi) is 4.08. The van der Waals surface area contributed by atoms with Crippen molar-refractivity contribution in [3.63, 3.8) is 0 Å². The van der Waals surface area contributed by atoms with Crippen LogP contribution in [0.5, 0.6) is 5.75 Å². The van der Waals surface area contributed by atoms with E-state index in [0.29, 0.717) is 35.6 Å². The van der Waals surface area contributed by atoms with Crippen molar-refractivity contribution in [2.24, 2.45) is 4.99 Å². The summed E-state index contributed by atoms with van der Waals surface area (Å²) in [5.74, 6) is 2.11. The average Bonchev–Trinajstić information content (AvgIpc) is 3.37. The van der Waals surface area contributed by atoms with Crippen molar-refractivity contribution in [3.05, 3.63) is 40.8 Å². The van der Waals surface area contributed by atoms with E-state index in [1.807, 2.05) is 29.7 Å². The number of rotatable bonds is 4. The summed E-state index contributed by atoms with van der Waals surface area (Å²) < 4.78 is 7.14. The molecule has 1 amide bonds. The van der Waals surface area contributed by atoms with Crippen molar-refractivity contribution in [3.8, 4) is 5.75 Å². The molecule has 7 nitrogen and oxygen atoms in total. The van der Waals surface area contributed by atoms with E-state index in [2.05, 4.69) is 9.88 Å². The molecule has 0 radical (unpaired) electrons. The zero-order valence-corrected chi connectivity index (χ0v) is 16.7. The number of ether oxygens (including phenoxy) is 1. The van der Waals surface area contributed by atoms with Crippen molar-refractivity contribution < 1.29 is 9.53 Å². The van der Waals surface area contributed by atoms with E-state index >= 15 is 0 Å². The van der Waals surface area contributed by atoms with Gasteiger partial charge in [-0.25, -0.2) is 9.98 Å². The highest BCUT2D eigenvalue weighted by Gasteiger charge is 2.49. The molecule has 5 rings (SSSR count). The predicted molar refractivity (Wildman–Crippen MR) is 107 cm³/mol. The number of hydrogen-bond donors (Lipinski definition) is 0. The lowest BCUT2D eigenvalue weighted by Gasteiger charge is -2.35. The number of nitrogens with zero attached hydrogens (tertiary/aromatic N) is 5. The zero-order chi connectivity index (χ0) is 19.4. The Bertz CT molecular complexity index is 985. The molecule has 2 aliphatic heterocycles. The van der Waals surface area contributed by atoms with Gasteiger partial charge in [-0.15, -0.1) is 0 Å². The number of benzene rings is 1. The van der Waals surface area contributed by atoms with Crippen LogP contribution in [0, 0.1) is 0 Å². The van der Waals surface area contributed by atoms with Gasteiger partial charge in [-0.05, 0) is 43.9 Å². The first-order chi connectivity index (χ1) is 13.6. The summed E-state index contributed by atoms with van der Waals surface area (Å²) in [5, 5.41) is 0.554. The molecule has 0 saturated heterocycles. The van der Waals surface area contributed by atoms with Crippen LogP contribution in [0.25, 0.3) is 0 Å². The molecule has 2 aromatic rings. The van der Waals surface area contributed by atoms with Gasteiger partial charge in [-0.1, -0.05) is 17.7 Å². The first-order valence-corrected chi connectivity index (χ1v) is 10.1. The van der Waals surface area contributed by atoms with Crippen LogP contribution in [0.3, 0.4) is 0 Å².